The van der Waals surface area contributed by atoms with E-state index in [-0.39, 0.29) is 30.1 Å². The van der Waals surface area contributed by atoms with Crippen LogP contribution >= 0.6 is 0 Å². The molecule has 1 aromatic heterocycles. The van der Waals surface area contributed by atoms with Crippen molar-refractivity contribution in [1.82, 2.24) is 14.8 Å². The molecule has 0 radical (unpaired) electrons. The van der Waals surface area contributed by atoms with Gasteiger partial charge in [0, 0.05) is 43.3 Å². The molecule has 1 aromatic carbocycles. The van der Waals surface area contributed by atoms with Gasteiger partial charge in [-0.3, -0.25) is 19.6 Å². The third-order valence-electron chi connectivity index (χ3n) is 5.36. The Bertz CT molecular complexity index is 941. The minimum Gasteiger partial charge on any atom is -0.480 e. The molecule has 2 aliphatic heterocycles. The van der Waals surface area contributed by atoms with Crippen LogP contribution in [-0.2, 0) is 21.2 Å². The Labute approximate surface area is 152 Å². The molecule has 3 heterocycles. The molecule has 0 spiro atoms. The fraction of sp³-hybridized carbons (Fsp3) is 0.444. The van der Waals surface area contributed by atoms with Gasteiger partial charge in [0.25, 0.3) is 0 Å². The van der Waals surface area contributed by atoms with Crippen LogP contribution in [0.25, 0.3) is 10.9 Å². The normalized spacial score (nSPS) is 26.0. The number of sulfone groups is 1. The van der Waals surface area contributed by atoms with Gasteiger partial charge >= 0.3 is 5.97 Å². The highest BCUT2D eigenvalue weighted by atomic mass is 32.2. The highest BCUT2D eigenvalue weighted by molar-refractivity contribution is 7.91. The Kier molecular flexibility index (Phi) is 4.42. The second-order valence-electron chi connectivity index (χ2n) is 7.03. The van der Waals surface area contributed by atoms with Crippen LogP contribution in [0.5, 0.6) is 0 Å². The van der Waals surface area contributed by atoms with Crippen LogP contribution < -0.4 is 0 Å². The average Bonchev–Trinajstić information content (AvgIpc) is 2.93. The zero-order chi connectivity index (χ0) is 18.3. The summed E-state index contributed by atoms with van der Waals surface area (Å²) in [6.07, 6.45) is 1.78. The first-order valence-corrected chi connectivity index (χ1v) is 10.5. The molecule has 26 heavy (non-hydrogen) atoms. The van der Waals surface area contributed by atoms with Crippen LogP contribution in [-0.4, -0.2) is 77.5 Å². The number of carbonyl (C=O) groups is 1. The zero-order valence-corrected chi connectivity index (χ0v) is 15.1. The molecule has 1 N–H and O–H groups in total. The predicted octanol–water partition coefficient (Wildman–Crippen LogP) is 0.603. The van der Waals surface area contributed by atoms with Gasteiger partial charge < -0.3 is 5.11 Å². The van der Waals surface area contributed by atoms with E-state index in [1.165, 1.54) is 0 Å². The number of para-hydroxylation sites is 1. The van der Waals surface area contributed by atoms with Gasteiger partial charge in [0.05, 0.1) is 23.6 Å². The van der Waals surface area contributed by atoms with E-state index < -0.39 is 15.8 Å². The molecule has 2 aromatic rings. The molecule has 4 rings (SSSR count). The molecule has 2 atom stereocenters. The molecule has 0 unspecified atom stereocenters. The highest BCUT2D eigenvalue weighted by Gasteiger charge is 2.46. The Morgan fingerprint density at radius 1 is 1.12 bits per heavy atom. The van der Waals surface area contributed by atoms with Crippen LogP contribution in [0, 0.1) is 0 Å². The predicted molar refractivity (Wildman–Crippen MR) is 97.6 cm³/mol. The molecular weight excluding hydrogens is 354 g/mol. The van der Waals surface area contributed by atoms with Gasteiger partial charge in [-0.05, 0) is 17.7 Å². The Balaban J connectivity index is 1.62. The standard InChI is InChI=1S/C18H21N3O4S/c22-18(23)10-21-8-7-20(16-11-26(24,25)12-17(16)21)9-13-5-6-19-15-4-2-1-3-14(13)15/h1-6,16-17H,7-12H2,(H,22,23)/t16-,17+/m0/s1. The fourth-order valence-corrected chi connectivity index (χ4v) is 6.22. The van der Waals surface area contributed by atoms with Crippen molar-refractivity contribution in [2.24, 2.45) is 0 Å². The molecule has 0 aliphatic carbocycles. The Morgan fingerprint density at radius 3 is 2.58 bits per heavy atom. The van der Waals surface area contributed by atoms with E-state index in [2.05, 4.69) is 9.88 Å². The van der Waals surface area contributed by atoms with Gasteiger partial charge in [0.1, 0.15) is 0 Å². The number of nitrogens with zero attached hydrogens (tertiary/aromatic N) is 3. The topological polar surface area (TPSA) is 90.8 Å². The Morgan fingerprint density at radius 2 is 1.81 bits per heavy atom. The molecule has 2 aliphatic rings. The van der Waals surface area contributed by atoms with Crippen LogP contribution in [0.3, 0.4) is 0 Å². The summed E-state index contributed by atoms with van der Waals surface area (Å²) in [5, 5.41) is 10.2. The maximum atomic E-state index is 12.2. The number of benzene rings is 1. The summed E-state index contributed by atoms with van der Waals surface area (Å²) in [5.74, 6) is -0.781. The third kappa shape index (κ3) is 3.32. The minimum atomic E-state index is -3.15. The summed E-state index contributed by atoms with van der Waals surface area (Å²) >= 11 is 0. The van der Waals surface area contributed by atoms with Crippen molar-refractivity contribution >= 4 is 26.7 Å². The van der Waals surface area contributed by atoms with Gasteiger partial charge in [-0.2, -0.15) is 0 Å². The SMILES string of the molecule is O=C(O)CN1CCN(Cc2ccnc3ccccc23)[C@H]2CS(=O)(=O)C[C@H]21. The first-order chi connectivity index (χ1) is 12.4. The second kappa shape index (κ2) is 6.61. The number of fused-ring (bicyclic) bond motifs is 2. The maximum absolute atomic E-state index is 12.2. The minimum absolute atomic E-state index is 0.0402. The van der Waals surface area contributed by atoms with Gasteiger partial charge in [-0.1, -0.05) is 18.2 Å². The van der Waals surface area contributed by atoms with E-state index in [1.54, 1.807) is 11.1 Å². The molecule has 0 amide bonds. The van der Waals surface area contributed by atoms with Crippen molar-refractivity contribution in [3.8, 4) is 0 Å². The molecule has 2 fully saturated rings. The number of rotatable bonds is 4. The van der Waals surface area contributed by atoms with Crippen LogP contribution in [0.4, 0.5) is 0 Å². The number of hydrogen-bond acceptors (Lipinski definition) is 6. The maximum Gasteiger partial charge on any atom is 0.317 e. The first-order valence-electron chi connectivity index (χ1n) is 8.66. The largest absolute Gasteiger partial charge is 0.480 e. The van der Waals surface area contributed by atoms with E-state index in [9.17, 15) is 13.2 Å². The number of aliphatic carboxylic acids is 1. The average molecular weight is 375 g/mol. The number of piperazine rings is 1. The lowest BCUT2D eigenvalue weighted by molar-refractivity contribution is -0.139. The lowest BCUT2D eigenvalue weighted by atomic mass is 10.0. The summed E-state index contributed by atoms with van der Waals surface area (Å²) < 4.78 is 24.5. The number of aromatic nitrogens is 1. The lowest BCUT2D eigenvalue weighted by Crippen LogP contribution is -2.59. The highest BCUT2D eigenvalue weighted by Crippen LogP contribution is 2.29. The summed E-state index contributed by atoms with van der Waals surface area (Å²) in [6, 6.07) is 9.47. The van der Waals surface area contributed by atoms with Crippen molar-refractivity contribution in [2.75, 3.05) is 31.1 Å². The Hall–Kier alpha value is -2.03. The van der Waals surface area contributed by atoms with Crippen molar-refractivity contribution < 1.29 is 18.3 Å². The number of hydrogen-bond donors (Lipinski definition) is 1. The van der Waals surface area contributed by atoms with Crippen molar-refractivity contribution in [2.45, 2.75) is 18.6 Å². The van der Waals surface area contributed by atoms with E-state index in [0.29, 0.717) is 19.6 Å². The van der Waals surface area contributed by atoms with Gasteiger partial charge in [0.15, 0.2) is 9.84 Å². The lowest BCUT2D eigenvalue weighted by Gasteiger charge is -2.43. The van der Waals surface area contributed by atoms with E-state index in [0.717, 1.165) is 16.5 Å². The molecule has 138 valence electrons. The van der Waals surface area contributed by atoms with E-state index in [1.807, 2.05) is 30.3 Å². The van der Waals surface area contributed by atoms with Crippen LogP contribution in [0.1, 0.15) is 5.56 Å². The molecular formula is C18H21N3O4S. The molecule has 2 saturated heterocycles. The van der Waals surface area contributed by atoms with E-state index in [4.69, 9.17) is 5.11 Å². The number of pyridine rings is 1. The zero-order valence-electron chi connectivity index (χ0n) is 14.3. The summed E-state index contributed by atoms with van der Waals surface area (Å²) in [6.45, 7) is 1.75. The van der Waals surface area contributed by atoms with Gasteiger partial charge in [-0.25, -0.2) is 8.42 Å². The van der Waals surface area contributed by atoms with Crippen molar-refractivity contribution in [1.29, 1.82) is 0 Å². The fourth-order valence-electron chi connectivity index (χ4n) is 4.17. The van der Waals surface area contributed by atoms with Crippen molar-refractivity contribution in [3.05, 3.63) is 42.1 Å². The summed E-state index contributed by atoms with van der Waals surface area (Å²) in [4.78, 5) is 19.5. The molecule has 0 bridgehead atoms. The monoisotopic (exact) mass is 375 g/mol. The van der Waals surface area contributed by atoms with Crippen LogP contribution in [0.15, 0.2) is 36.5 Å². The summed E-state index contributed by atoms with van der Waals surface area (Å²) in [7, 11) is -3.15. The smallest absolute Gasteiger partial charge is 0.317 e. The molecule has 8 heteroatoms. The number of carboxylic acids is 1. The second-order valence-corrected chi connectivity index (χ2v) is 9.19. The van der Waals surface area contributed by atoms with Gasteiger partial charge in [-0.15, -0.1) is 0 Å². The van der Waals surface area contributed by atoms with Gasteiger partial charge in [0.2, 0.25) is 0 Å². The molecule has 7 nitrogen and oxygen atoms in total. The summed E-state index contributed by atoms with van der Waals surface area (Å²) in [5.41, 5.74) is 2.04. The quantitative estimate of drug-likeness (QED) is 0.837. The van der Waals surface area contributed by atoms with Crippen LogP contribution in [0.2, 0.25) is 0 Å². The third-order valence-corrected chi connectivity index (χ3v) is 7.06. The van der Waals surface area contributed by atoms with Crippen molar-refractivity contribution in [3.63, 3.8) is 0 Å². The first kappa shape index (κ1) is 17.4. The molecule has 0 saturated carbocycles. The number of carboxylic acid groups (broad SMARTS) is 1. The van der Waals surface area contributed by atoms with E-state index >= 15 is 0 Å².